The average Bonchev–Trinajstić information content (AvgIpc) is 2.79. The summed E-state index contributed by atoms with van der Waals surface area (Å²) >= 11 is 0. The minimum Gasteiger partial charge on any atom is -0.385 e. The molecule has 0 spiro atoms. The molecule has 1 saturated heterocycles. The number of nitrogens with zero attached hydrogens (tertiary/aromatic N) is 1. The first kappa shape index (κ1) is 19.2. The van der Waals surface area contributed by atoms with E-state index in [0.717, 1.165) is 53.5 Å². The van der Waals surface area contributed by atoms with Gasteiger partial charge in [0.15, 0.2) is 5.78 Å². The quantitative estimate of drug-likeness (QED) is 0.596. The highest BCUT2D eigenvalue weighted by Gasteiger charge is 2.17. The Kier molecular flexibility index (Phi) is 5.89. The van der Waals surface area contributed by atoms with Crippen molar-refractivity contribution in [2.75, 3.05) is 25.0 Å². The number of carbonyl (C=O) groups excluding carboxylic acids is 2. The molecule has 0 aromatic heterocycles. The molecule has 29 heavy (non-hydrogen) atoms. The van der Waals surface area contributed by atoms with Gasteiger partial charge >= 0.3 is 0 Å². The summed E-state index contributed by atoms with van der Waals surface area (Å²) in [5.74, 6) is 0.239. The summed E-state index contributed by atoms with van der Waals surface area (Å²) in [6.45, 7) is 2.27. The number of fused-ring (bicyclic) bond motifs is 1. The maximum Gasteiger partial charge on any atom is 0.253 e. The van der Waals surface area contributed by atoms with Crippen LogP contribution in [-0.4, -0.2) is 36.2 Å². The molecule has 3 aromatic rings. The second-order valence-corrected chi connectivity index (χ2v) is 7.59. The van der Waals surface area contributed by atoms with Gasteiger partial charge in [-0.3, -0.25) is 9.59 Å². The predicted molar refractivity (Wildman–Crippen MR) is 118 cm³/mol. The van der Waals surface area contributed by atoms with E-state index in [1.165, 1.54) is 6.42 Å². The molecule has 1 N–H and O–H groups in total. The Hall–Kier alpha value is -3.14. The van der Waals surface area contributed by atoms with Crippen LogP contribution >= 0.6 is 0 Å². The van der Waals surface area contributed by atoms with Gasteiger partial charge in [0.1, 0.15) is 0 Å². The van der Waals surface area contributed by atoms with Crippen molar-refractivity contribution < 1.29 is 9.59 Å². The Morgan fingerprint density at radius 2 is 1.48 bits per heavy atom. The molecule has 0 aliphatic carbocycles. The first-order valence-corrected chi connectivity index (χ1v) is 10.4. The Bertz CT molecular complexity index is 1000. The smallest absolute Gasteiger partial charge is 0.253 e. The first-order chi connectivity index (χ1) is 14.2. The zero-order chi connectivity index (χ0) is 20.1. The van der Waals surface area contributed by atoms with Crippen molar-refractivity contribution in [3.8, 4) is 0 Å². The minimum absolute atomic E-state index is 0.114. The molecule has 1 aliphatic rings. The molecular weight excluding hydrogens is 360 g/mol. The summed E-state index contributed by atoms with van der Waals surface area (Å²) in [7, 11) is 0. The van der Waals surface area contributed by atoms with Crippen LogP contribution in [0.2, 0.25) is 0 Å². The van der Waals surface area contributed by atoms with Gasteiger partial charge < -0.3 is 10.2 Å². The second kappa shape index (κ2) is 8.91. The van der Waals surface area contributed by atoms with E-state index in [4.69, 9.17) is 0 Å². The van der Waals surface area contributed by atoms with Crippen LogP contribution in [0.5, 0.6) is 0 Å². The van der Waals surface area contributed by atoms with Crippen molar-refractivity contribution in [2.24, 2.45) is 0 Å². The predicted octanol–water partition coefficient (Wildman–Crippen LogP) is 5.15. The van der Waals surface area contributed by atoms with Crippen molar-refractivity contribution in [2.45, 2.75) is 25.7 Å². The Morgan fingerprint density at radius 1 is 0.793 bits per heavy atom. The number of ketones is 1. The first-order valence-electron chi connectivity index (χ1n) is 10.4. The van der Waals surface area contributed by atoms with E-state index in [0.29, 0.717) is 13.0 Å². The van der Waals surface area contributed by atoms with E-state index < -0.39 is 0 Å². The maximum atomic E-state index is 12.5. The van der Waals surface area contributed by atoms with Crippen LogP contribution in [0, 0.1) is 0 Å². The zero-order valence-electron chi connectivity index (χ0n) is 16.6. The summed E-state index contributed by atoms with van der Waals surface area (Å²) in [5, 5.41) is 5.51. The van der Waals surface area contributed by atoms with E-state index in [9.17, 15) is 9.59 Å². The normalized spacial score (nSPS) is 14.0. The third kappa shape index (κ3) is 4.65. The number of carbonyl (C=O) groups is 2. The molecule has 1 fully saturated rings. The number of nitrogens with one attached hydrogen (secondary N) is 1. The average molecular weight is 386 g/mol. The van der Waals surface area contributed by atoms with Crippen molar-refractivity contribution >= 4 is 28.2 Å². The third-order valence-corrected chi connectivity index (χ3v) is 5.53. The van der Waals surface area contributed by atoms with Crippen LogP contribution in [-0.2, 0) is 0 Å². The van der Waals surface area contributed by atoms with Crippen LogP contribution in [0.25, 0.3) is 10.8 Å². The SMILES string of the molecule is O=C(CCNc1ccc(C(=O)N2CCCCC2)cc1)c1ccc2ccccc2c1. The molecule has 1 heterocycles. The van der Waals surface area contributed by atoms with Gasteiger partial charge in [-0.15, -0.1) is 0 Å². The summed E-state index contributed by atoms with van der Waals surface area (Å²) in [5.41, 5.74) is 2.39. The number of anilines is 1. The molecule has 0 radical (unpaired) electrons. The van der Waals surface area contributed by atoms with Crippen molar-refractivity contribution in [3.05, 3.63) is 77.9 Å². The lowest BCUT2D eigenvalue weighted by atomic mass is 10.0. The highest BCUT2D eigenvalue weighted by atomic mass is 16.2. The van der Waals surface area contributed by atoms with Crippen molar-refractivity contribution in [3.63, 3.8) is 0 Å². The van der Waals surface area contributed by atoms with Crippen LogP contribution in [0.1, 0.15) is 46.4 Å². The van der Waals surface area contributed by atoms with Gasteiger partial charge in [-0.05, 0) is 60.4 Å². The van der Waals surface area contributed by atoms with Crippen LogP contribution in [0.3, 0.4) is 0 Å². The Morgan fingerprint density at radius 3 is 2.24 bits per heavy atom. The van der Waals surface area contributed by atoms with E-state index in [1.54, 1.807) is 0 Å². The number of hydrogen-bond donors (Lipinski definition) is 1. The molecule has 0 atom stereocenters. The second-order valence-electron chi connectivity index (χ2n) is 7.59. The van der Waals surface area contributed by atoms with E-state index in [2.05, 4.69) is 5.32 Å². The van der Waals surface area contributed by atoms with Crippen LogP contribution in [0.4, 0.5) is 5.69 Å². The van der Waals surface area contributed by atoms with Crippen molar-refractivity contribution in [1.82, 2.24) is 4.90 Å². The van der Waals surface area contributed by atoms with Crippen LogP contribution < -0.4 is 5.32 Å². The lowest BCUT2D eigenvalue weighted by Gasteiger charge is -2.26. The monoisotopic (exact) mass is 386 g/mol. The molecule has 4 heteroatoms. The van der Waals surface area contributed by atoms with Gasteiger partial charge in [0.2, 0.25) is 0 Å². The molecule has 4 rings (SSSR count). The number of piperidine rings is 1. The van der Waals surface area contributed by atoms with E-state index in [1.807, 2.05) is 71.6 Å². The highest BCUT2D eigenvalue weighted by Crippen LogP contribution is 2.18. The molecule has 3 aromatic carbocycles. The van der Waals surface area contributed by atoms with Gasteiger partial charge in [0, 0.05) is 42.9 Å². The number of benzene rings is 3. The fourth-order valence-corrected chi connectivity index (χ4v) is 3.84. The minimum atomic E-state index is 0.114. The number of rotatable bonds is 6. The summed E-state index contributed by atoms with van der Waals surface area (Å²) in [6, 6.07) is 21.5. The molecule has 1 amide bonds. The number of Topliss-reactive ketones (excluding diaryl/α,β-unsaturated/α-hetero) is 1. The maximum absolute atomic E-state index is 12.5. The molecule has 0 saturated carbocycles. The lowest BCUT2D eigenvalue weighted by Crippen LogP contribution is -2.35. The molecule has 0 bridgehead atoms. The molecule has 4 nitrogen and oxygen atoms in total. The highest BCUT2D eigenvalue weighted by molar-refractivity contribution is 6.00. The van der Waals surface area contributed by atoms with Crippen molar-refractivity contribution in [1.29, 1.82) is 0 Å². The van der Waals surface area contributed by atoms with E-state index >= 15 is 0 Å². The summed E-state index contributed by atoms with van der Waals surface area (Å²) in [6.07, 6.45) is 3.82. The molecule has 148 valence electrons. The molecule has 1 aliphatic heterocycles. The summed E-state index contributed by atoms with van der Waals surface area (Å²) in [4.78, 5) is 27.0. The molecular formula is C25H26N2O2. The number of likely N-dealkylation sites (tertiary alicyclic amines) is 1. The lowest BCUT2D eigenvalue weighted by molar-refractivity contribution is 0.0724. The van der Waals surface area contributed by atoms with Gasteiger partial charge in [0.05, 0.1) is 0 Å². The Balaban J connectivity index is 1.30. The van der Waals surface area contributed by atoms with Gasteiger partial charge in [-0.2, -0.15) is 0 Å². The standard InChI is InChI=1S/C25H26N2O2/c28-24(22-9-8-19-6-2-3-7-21(19)18-22)14-15-26-23-12-10-20(11-13-23)25(29)27-16-4-1-5-17-27/h2-3,6-13,18,26H,1,4-5,14-17H2. The fraction of sp³-hybridized carbons (Fsp3) is 0.280. The van der Waals surface area contributed by atoms with Crippen LogP contribution in [0.15, 0.2) is 66.7 Å². The van der Waals surface area contributed by atoms with Gasteiger partial charge in [-0.1, -0.05) is 36.4 Å². The topological polar surface area (TPSA) is 49.4 Å². The summed E-state index contributed by atoms with van der Waals surface area (Å²) < 4.78 is 0. The zero-order valence-corrected chi connectivity index (χ0v) is 16.6. The van der Waals surface area contributed by atoms with Gasteiger partial charge in [0.25, 0.3) is 5.91 Å². The van der Waals surface area contributed by atoms with Gasteiger partial charge in [-0.25, -0.2) is 0 Å². The number of hydrogen-bond acceptors (Lipinski definition) is 3. The van der Waals surface area contributed by atoms with E-state index in [-0.39, 0.29) is 11.7 Å². The largest absolute Gasteiger partial charge is 0.385 e. The third-order valence-electron chi connectivity index (χ3n) is 5.53. The molecule has 0 unspecified atom stereocenters. The Labute approximate surface area is 171 Å². The number of amides is 1. The fourth-order valence-electron chi connectivity index (χ4n) is 3.84.